The van der Waals surface area contributed by atoms with Crippen molar-refractivity contribution in [2.24, 2.45) is 0 Å². The summed E-state index contributed by atoms with van der Waals surface area (Å²) in [5.74, 6) is -0.00521. The number of unbranched alkanes of at least 4 members (excludes halogenated alkanes) is 1. The average Bonchev–Trinajstić information content (AvgIpc) is 2.73. The summed E-state index contributed by atoms with van der Waals surface area (Å²) in [7, 11) is 0. The number of aryl methyl sites for hydroxylation is 1. The Morgan fingerprint density at radius 3 is 2.82 bits per heavy atom. The van der Waals surface area contributed by atoms with Gasteiger partial charge in [-0.2, -0.15) is 0 Å². The van der Waals surface area contributed by atoms with Crippen LogP contribution in [-0.4, -0.2) is 35.4 Å². The van der Waals surface area contributed by atoms with Crippen molar-refractivity contribution in [3.05, 3.63) is 77.0 Å². The van der Waals surface area contributed by atoms with Gasteiger partial charge in [0, 0.05) is 36.3 Å². The van der Waals surface area contributed by atoms with Gasteiger partial charge in [0.1, 0.15) is 0 Å². The fourth-order valence-corrected chi connectivity index (χ4v) is 3.88. The molecule has 0 fully saturated rings. The number of fused-ring (bicyclic) bond motifs is 2. The third kappa shape index (κ3) is 4.39. The molecule has 4 nitrogen and oxygen atoms in total. The third-order valence-electron chi connectivity index (χ3n) is 5.49. The van der Waals surface area contributed by atoms with Crippen LogP contribution in [0.2, 0.25) is 0 Å². The second-order valence-corrected chi connectivity index (χ2v) is 7.62. The largest absolute Gasteiger partial charge is 0.352 e. The highest BCUT2D eigenvalue weighted by molar-refractivity contribution is 5.97. The average molecular weight is 374 g/mol. The van der Waals surface area contributed by atoms with Crippen LogP contribution < -0.4 is 5.32 Å². The molecule has 0 bridgehead atoms. The van der Waals surface area contributed by atoms with Gasteiger partial charge < -0.3 is 5.32 Å². The Kier molecular flexibility index (Phi) is 5.68. The monoisotopic (exact) mass is 373 g/mol. The van der Waals surface area contributed by atoms with E-state index in [1.165, 1.54) is 11.1 Å². The van der Waals surface area contributed by atoms with Crippen LogP contribution in [0.3, 0.4) is 0 Å². The molecule has 0 aliphatic carbocycles. The first-order chi connectivity index (χ1) is 13.7. The van der Waals surface area contributed by atoms with Crippen LogP contribution >= 0.6 is 0 Å². The SMILES string of the molecule is Cc1ccc2cc(C(=O)NCCCCN3CCc4ccccc4C3)ccc2n1. The second-order valence-electron chi connectivity index (χ2n) is 7.62. The molecular formula is C24H27N3O. The Hall–Kier alpha value is -2.72. The maximum atomic E-state index is 12.4. The smallest absolute Gasteiger partial charge is 0.251 e. The number of carbonyl (C=O) groups is 1. The van der Waals surface area contributed by atoms with Gasteiger partial charge in [0.05, 0.1) is 5.52 Å². The van der Waals surface area contributed by atoms with E-state index in [9.17, 15) is 4.79 Å². The lowest BCUT2D eigenvalue weighted by Gasteiger charge is -2.28. The first-order valence-corrected chi connectivity index (χ1v) is 10.1. The minimum Gasteiger partial charge on any atom is -0.352 e. The Bertz CT molecular complexity index is 983. The zero-order chi connectivity index (χ0) is 19.3. The van der Waals surface area contributed by atoms with Crippen LogP contribution in [0.25, 0.3) is 10.9 Å². The Morgan fingerprint density at radius 2 is 1.93 bits per heavy atom. The molecule has 2 aromatic carbocycles. The fourth-order valence-electron chi connectivity index (χ4n) is 3.88. The number of pyridine rings is 1. The molecule has 1 aromatic heterocycles. The lowest BCUT2D eigenvalue weighted by Crippen LogP contribution is -2.32. The lowest BCUT2D eigenvalue weighted by molar-refractivity contribution is 0.0952. The summed E-state index contributed by atoms with van der Waals surface area (Å²) < 4.78 is 0. The van der Waals surface area contributed by atoms with Crippen LogP contribution in [-0.2, 0) is 13.0 Å². The van der Waals surface area contributed by atoms with Crippen LogP contribution in [0.5, 0.6) is 0 Å². The molecule has 0 saturated heterocycles. The van der Waals surface area contributed by atoms with Crippen LogP contribution in [0.1, 0.15) is 40.0 Å². The summed E-state index contributed by atoms with van der Waals surface area (Å²) >= 11 is 0. The standard InChI is InChI=1S/C24H27N3O/c1-18-8-9-20-16-21(10-11-23(20)26-18)24(28)25-13-4-5-14-27-15-12-19-6-2-3-7-22(19)17-27/h2-3,6-11,16H,4-5,12-15,17H2,1H3,(H,25,28). The quantitative estimate of drug-likeness (QED) is 0.662. The van der Waals surface area contributed by atoms with Gasteiger partial charge in [-0.15, -0.1) is 0 Å². The van der Waals surface area contributed by atoms with Crippen LogP contribution in [0, 0.1) is 6.92 Å². The van der Waals surface area contributed by atoms with Crippen molar-refractivity contribution < 1.29 is 4.79 Å². The van der Waals surface area contributed by atoms with E-state index in [2.05, 4.69) is 39.5 Å². The van der Waals surface area contributed by atoms with Crippen molar-refractivity contribution in [3.8, 4) is 0 Å². The number of benzene rings is 2. The molecular weight excluding hydrogens is 346 g/mol. The van der Waals surface area contributed by atoms with Crippen LogP contribution in [0.4, 0.5) is 0 Å². The maximum Gasteiger partial charge on any atom is 0.251 e. The molecule has 0 saturated carbocycles. The predicted octanol–water partition coefficient (Wildman–Crippen LogP) is 4.11. The zero-order valence-electron chi connectivity index (χ0n) is 16.4. The van der Waals surface area contributed by atoms with Gasteiger partial charge in [0.2, 0.25) is 0 Å². The topological polar surface area (TPSA) is 45.2 Å². The normalized spacial score (nSPS) is 14.0. The zero-order valence-corrected chi connectivity index (χ0v) is 16.4. The van der Waals surface area contributed by atoms with E-state index < -0.39 is 0 Å². The molecule has 1 amide bonds. The van der Waals surface area contributed by atoms with Crippen molar-refractivity contribution in [1.29, 1.82) is 0 Å². The molecule has 0 atom stereocenters. The Morgan fingerprint density at radius 1 is 1.07 bits per heavy atom. The van der Waals surface area contributed by atoms with Crippen molar-refractivity contribution in [2.45, 2.75) is 32.7 Å². The number of carbonyl (C=O) groups excluding carboxylic acids is 1. The van der Waals surface area contributed by atoms with Crippen molar-refractivity contribution >= 4 is 16.8 Å². The molecule has 0 spiro atoms. The first-order valence-electron chi connectivity index (χ1n) is 10.1. The Labute approximate surface area is 166 Å². The molecule has 1 aliphatic rings. The highest BCUT2D eigenvalue weighted by Gasteiger charge is 2.14. The summed E-state index contributed by atoms with van der Waals surface area (Å²) in [6.07, 6.45) is 3.24. The van der Waals surface area contributed by atoms with E-state index in [0.29, 0.717) is 12.1 Å². The number of rotatable bonds is 6. The van der Waals surface area contributed by atoms with Crippen molar-refractivity contribution in [3.63, 3.8) is 0 Å². The number of hydrogen-bond donors (Lipinski definition) is 1. The van der Waals surface area contributed by atoms with Crippen molar-refractivity contribution in [2.75, 3.05) is 19.6 Å². The minimum atomic E-state index is -0.00521. The van der Waals surface area contributed by atoms with E-state index in [0.717, 1.165) is 55.5 Å². The van der Waals surface area contributed by atoms with E-state index in [1.54, 1.807) is 0 Å². The molecule has 0 unspecified atom stereocenters. The number of nitrogens with one attached hydrogen (secondary N) is 1. The van der Waals surface area contributed by atoms with Gasteiger partial charge in [-0.25, -0.2) is 0 Å². The van der Waals surface area contributed by atoms with Crippen molar-refractivity contribution in [1.82, 2.24) is 15.2 Å². The number of amides is 1. The highest BCUT2D eigenvalue weighted by Crippen LogP contribution is 2.18. The molecule has 28 heavy (non-hydrogen) atoms. The minimum absolute atomic E-state index is 0.00521. The Balaban J connectivity index is 1.21. The van der Waals surface area contributed by atoms with Gasteiger partial charge in [0.15, 0.2) is 0 Å². The van der Waals surface area contributed by atoms with E-state index >= 15 is 0 Å². The molecule has 1 N–H and O–H groups in total. The number of nitrogens with zero attached hydrogens (tertiary/aromatic N) is 2. The molecule has 4 rings (SSSR count). The summed E-state index contributed by atoms with van der Waals surface area (Å²) in [6, 6.07) is 18.4. The molecule has 4 heteroatoms. The van der Waals surface area contributed by atoms with Gasteiger partial charge in [-0.05, 0) is 68.1 Å². The fraction of sp³-hybridized carbons (Fsp3) is 0.333. The summed E-state index contributed by atoms with van der Waals surface area (Å²) in [6.45, 7) is 5.96. The van der Waals surface area contributed by atoms with Gasteiger partial charge in [-0.1, -0.05) is 30.3 Å². The summed E-state index contributed by atoms with van der Waals surface area (Å²) in [4.78, 5) is 19.4. The van der Waals surface area contributed by atoms with Gasteiger partial charge in [0.25, 0.3) is 5.91 Å². The lowest BCUT2D eigenvalue weighted by atomic mass is 10.00. The predicted molar refractivity (Wildman–Crippen MR) is 113 cm³/mol. The van der Waals surface area contributed by atoms with E-state index in [4.69, 9.17) is 0 Å². The second kappa shape index (κ2) is 8.53. The molecule has 0 radical (unpaired) electrons. The van der Waals surface area contributed by atoms with Gasteiger partial charge >= 0.3 is 0 Å². The summed E-state index contributed by atoms with van der Waals surface area (Å²) in [5.41, 5.74) is 5.57. The number of aromatic nitrogens is 1. The summed E-state index contributed by atoms with van der Waals surface area (Å²) in [5, 5.41) is 4.05. The molecule has 2 heterocycles. The van der Waals surface area contributed by atoms with Gasteiger partial charge in [-0.3, -0.25) is 14.7 Å². The molecule has 144 valence electrons. The van der Waals surface area contributed by atoms with E-state index in [-0.39, 0.29) is 5.91 Å². The molecule has 1 aliphatic heterocycles. The maximum absolute atomic E-state index is 12.4. The highest BCUT2D eigenvalue weighted by atomic mass is 16.1. The van der Waals surface area contributed by atoms with E-state index in [1.807, 2.05) is 37.3 Å². The molecule has 3 aromatic rings. The number of hydrogen-bond acceptors (Lipinski definition) is 3. The first kappa shape index (κ1) is 18.6. The third-order valence-corrected chi connectivity index (χ3v) is 5.49. The van der Waals surface area contributed by atoms with Crippen LogP contribution in [0.15, 0.2) is 54.6 Å².